The van der Waals surface area contributed by atoms with Gasteiger partial charge in [0, 0.05) is 44.9 Å². The first kappa shape index (κ1) is 19.9. The summed E-state index contributed by atoms with van der Waals surface area (Å²) in [6, 6.07) is 8.35. The van der Waals surface area contributed by atoms with Gasteiger partial charge >= 0.3 is 0 Å². The summed E-state index contributed by atoms with van der Waals surface area (Å²) in [5.41, 5.74) is 1.17. The smallest absolute Gasteiger partial charge is 0.255 e. The van der Waals surface area contributed by atoms with E-state index in [4.69, 9.17) is 16.3 Å². The molecule has 148 valence electrons. The molecule has 1 saturated heterocycles. The maximum Gasteiger partial charge on any atom is 0.255 e. The van der Waals surface area contributed by atoms with E-state index in [1.165, 1.54) is 18.3 Å². The Labute approximate surface area is 167 Å². The van der Waals surface area contributed by atoms with Crippen molar-refractivity contribution in [3.05, 3.63) is 63.0 Å². The van der Waals surface area contributed by atoms with Gasteiger partial charge in [-0.15, -0.1) is 0 Å². The van der Waals surface area contributed by atoms with Crippen LogP contribution in [-0.4, -0.2) is 59.9 Å². The first-order valence-electron chi connectivity index (χ1n) is 9.06. The molecule has 0 radical (unpaired) electrons. The molecule has 1 aliphatic heterocycles. The van der Waals surface area contributed by atoms with Gasteiger partial charge in [0.25, 0.3) is 5.91 Å². The highest BCUT2D eigenvalue weighted by molar-refractivity contribution is 6.32. The van der Waals surface area contributed by atoms with Crippen LogP contribution >= 0.6 is 11.6 Å². The Bertz CT molecular complexity index is 899. The van der Waals surface area contributed by atoms with Gasteiger partial charge in [-0.05, 0) is 30.2 Å². The molecule has 0 aliphatic carbocycles. The lowest BCUT2D eigenvalue weighted by atomic mass is 10.1. The van der Waals surface area contributed by atoms with E-state index in [1.54, 1.807) is 23.0 Å². The second kappa shape index (κ2) is 8.93. The Morgan fingerprint density at radius 1 is 1.11 bits per heavy atom. The number of hydrogen-bond donors (Lipinski definition) is 1. The molecule has 0 saturated carbocycles. The van der Waals surface area contributed by atoms with Crippen LogP contribution in [0, 0.1) is 0 Å². The van der Waals surface area contributed by atoms with Crippen LogP contribution in [0.25, 0.3) is 0 Å². The van der Waals surface area contributed by atoms with Gasteiger partial charge in [-0.1, -0.05) is 17.7 Å². The van der Waals surface area contributed by atoms with E-state index < -0.39 is 0 Å². The molecule has 1 aliphatic rings. The van der Waals surface area contributed by atoms with Crippen LogP contribution in [0.2, 0.25) is 5.02 Å². The number of pyridine rings is 1. The summed E-state index contributed by atoms with van der Waals surface area (Å²) in [4.78, 5) is 42.0. The minimum atomic E-state index is -0.245. The lowest BCUT2D eigenvalue weighted by molar-refractivity contribution is -0.132. The van der Waals surface area contributed by atoms with Crippen LogP contribution in [-0.2, 0) is 11.2 Å². The van der Waals surface area contributed by atoms with Gasteiger partial charge in [0.05, 0.1) is 17.7 Å². The van der Waals surface area contributed by atoms with Crippen molar-refractivity contribution in [3.63, 3.8) is 0 Å². The monoisotopic (exact) mass is 403 g/mol. The number of aromatic nitrogens is 1. The summed E-state index contributed by atoms with van der Waals surface area (Å²) in [5, 5.41) is 0.529. The van der Waals surface area contributed by atoms with Crippen molar-refractivity contribution < 1.29 is 14.3 Å². The molecule has 2 aromatic rings. The Balaban J connectivity index is 1.49. The number of piperazine rings is 1. The fraction of sp³-hybridized carbons (Fsp3) is 0.350. The highest BCUT2D eigenvalue weighted by atomic mass is 35.5. The number of rotatable bonds is 5. The molecule has 0 bridgehead atoms. The molecule has 0 spiro atoms. The molecule has 7 nitrogen and oxygen atoms in total. The third-order valence-corrected chi connectivity index (χ3v) is 5.09. The average molecular weight is 404 g/mol. The van der Waals surface area contributed by atoms with Crippen molar-refractivity contribution in [2.75, 3.05) is 33.3 Å². The number of aromatic amines is 1. The number of ether oxygens (including phenoxy) is 1. The molecule has 2 amide bonds. The quantitative estimate of drug-likeness (QED) is 0.827. The van der Waals surface area contributed by atoms with E-state index in [0.717, 1.165) is 5.56 Å². The van der Waals surface area contributed by atoms with Crippen LogP contribution < -0.4 is 10.3 Å². The molecule has 2 heterocycles. The van der Waals surface area contributed by atoms with Gasteiger partial charge in [0.15, 0.2) is 0 Å². The van der Waals surface area contributed by atoms with E-state index in [2.05, 4.69) is 4.98 Å². The number of nitrogens with zero attached hydrogens (tertiary/aromatic N) is 2. The fourth-order valence-electron chi connectivity index (χ4n) is 3.16. The van der Waals surface area contributed by atoms with Crippen molar-refractivity contribution in [2.24, 2.45) is 0 Å². The zero-order valence-corrected chi connectivity index (χ0v) is 16.4. The SMILES string of the molecule is COc1ccc(CCC(=O)N2CCN(C(=O)c3ccc(=O)[nH]c3)CC2)cc1Cl. The van der Waals surface area contributed by atoms with Crippen LogP contribution in [0.5, 0.6) is 5.75 Å². The molecule has 28 heavy (non-hydrogen) atoms. The lowest BCUT2D eigenvalue weighted by Gasteiger charge is -2.34. The third-order valence-electron chi connectivity index (χ3n) is 4.79. The molecule has 1 aromatic carbocycles. The molecule has 3 rings (SSSR count). The summed E-state index contributed by atoms with van der Waals surface area (Å²) in [6.45, 7) is 1.94. The Morgan fingerprint density at radius 3 is 2.43 bits per heavy atom. The summed E-state index contributed by atoms with van der Waals surface area (Å²) < 4.78 is 5.13. The minimum absolute atomic E-state index is 0.0584. The van der Waals surface area contributed by atoms with E-state index in [1.807, 2.05) is 12.1 Å². The van der Waals surface area contributed by atoms with E-state index >= 15 is 0 Å². The van der Waals surface area contributed by atoms with Crippen LogP contribution in [0.15, 0.2) is 41.3 Å². The lowest BCUT2D eigenvalue weighted by Crippen LogP contribution is -2.50. The topological polar surface area (TPSA) is 82.7 Å². The summed E-state index contributed by atoms with van der Waals surface area (Å²) in [6.07, 6.45) is 2.40. The Kier molecular flexibility index (Phi) is 6.36. The van der Waals surface area contributed by atoms with Crippen LogP contribution in [0.3, 0.4) is 0 Å². The number of methoxy groups -OCH3 is 1. The van der Waals surface area contributed by atoms with Gasteiger partial charge in [0.2, 0.25) is 11.5 Å². The van der Waals surface area contributed by atoms with Crippen molar-refractivity contribution in [3.8, 4) is 5.75 Å². The minimum Gasteiger partial charge on any atom is -0.495 e. The largest absolute Gasteiger partial charge is 0.495 e. The number of nitrogens with one attached hydrogen (secondary N) is 1. The normalized spacial score (nSPS) is 14.1. The van der Waals surface area contributed by atoms with Crippen molar-refractivity contribution in [2.45, 2.75) is 12.8 Å². The second-order valence-electron chi connectivity index (χ2n) is 6.58. The van der Waals surface area contributed by atoms with E-state index in [0.29, 0.717) is 55.4 Å². The Hall–Kier alpha value is -2.80. The molecule has 0 unspecified atom stereocenters. The number of hydrogen-bond acceptors (Lipinski definition) is 4. The number of halogens is 1. The van der Waals surface area contributed by atoms with Gasteiger partial charge in [0.1, 0.15) is 5.75 Å². The van der Waals surface area contributed by atoms with Crippen molar-refractivity contribution in [1.29, 1.82) is 0 Å². The molecular formula is C20H22ClN3O4. The highest BCUT2D eigenvalue weighted by Gasteiger charge is 2.24. The number of carbonyl (C=O) groups is 2. The fourth-order valence-corrected chi connectivity index (χ4v) is 3.44. The maximum atomic E-state index is 12.5. The van der Waals surface area contributed by atoms with Crippen molar-refractivity contribution >= 4 is 23.4 Å². The third kappa shape index (κ3) is 4.72. The highest BCUT2D eigenvalue weighted by Crippen LogP contribution is 2.25. The van der Waals surface area contributed by atoms with Crippen LogP contribution in [0.1, 0.15) is 22.3 Å². The van der Waals surface area contributed by atoms with E-state index in [9.17, 15) is 14.4 Å². The van der Waals surface area contributed by atoms with Crippen LogP contribution in [0.4, 0.5) is 0 Å². The molecule has 1 fully saturated rings. The molecule has 8 heteroatoms. The van der Waals surface area contributed by atoms with Gasteiger partial charge in [-0.2, -0.15) is 0 Å². The van der Waals surface area contributed by atoms with Gasteiger partial charge in [-0.25, -0.2) is 0 Å². The zero-order valence-electron chi connectivity index (χ0n) is 15.6. The molecule has 1 N–H and O–H groups in total. The summed E-state index contributed by atoms with van der Waals surface area (Å²) >= 11 is 6.12. The predicted octanol–water partition coefficient (Wildman–Crippen LogP) is 1.95. The molecule has 1 aromatic heterocycles. The summed E-state index contributed by atoms with van der Waals surface area (Å²) in [5.74, 6) is 0.527. The average Bonchev–Trinajstić information content (AvgIpc) is 2.72. The Morgan fingerprint density at radius 2 is 1.82 bits per heavy atom. The first-order chi connectivity index (χ1) is 13.5. The maximum absolute atomic E-state index is 12.5. The zero-order chi connectivity index (χ0) is 20.1. The molecular weight excluding hydrogens is 382 g/mol. The number of aryl methyl sites for hydroxylation is 1. The second-order valence-corrected chi connectivity index (χ2v) is 6.99. The van der Waals surface area contributed by atoms with E-state index in [-0.39, 0.29) is 17.4 Å². The standard InChI is InChI=1S/C20H22ClN3O4/c1-28-17-5-2-14(12-16(17)21)3-7-19(26)23-8-10-24(11-9-23)20(27)15-4-6-18(25)22-13-15/h2,4-6,12-13H,3,7-11H2,1H3,(H,22,25). The number of carbonyl (C=O) groups excluding carboxylic acids is 2. The van der Waals surface area contributed by atoms with Gasteiger partial charge in [-0.3, -0.25) is 14.4 Å². The van der Waals surface area contributed by atoms with Crippen molar-refractivity contribution in [1.82, 2.24) is 14.8 Å². The summed E-state index contributed by atoms with van der Waals surface area (Å²) in [7, 11) is 1.56. The predicted molar refractivity (Wildman–Crippen MR) is 106 cm³/mol. The number of H-pyrrole nitrogens is 1. The number of amides is 2. The first-order valence-corrected chi connectivity index (χ1v) is 9.44. The number of benzene rings is 1. The van der Waals surface area contributed by atoms with Gasteiger partial charge < -0.3 is 19.5 Å². The molecule has 0 atom stereocenters.